The third-order valence-corrected chi connectivity index (χ3v) is 3.25. The maximum Gasteiger partial charge on any atom is 0.0594 e. The molecule has 1 N–H and O–H groups in total. The van der Waals surface area contributed by atoms with Crippen molar-refractivity contribution in [2.75, 3.05) is 46.4 Å². The lowest BCUT2D eigenvalue weighted by Crippen LogP contribution is -2.36. The minimum Gasteiger partial charge on any atom is -0.379 e. The zero-order valence-electron chi connectivity index (χ0n) is 10.8. The molecule has 0 aliphatic carbocycles. The molecule has 0 amide bonds. The summed E-state index contributed by atoms with van der Waals surface area (Å²) in [6.45, 7) is 6.60. The standard InChI is InChI=1S/C13H28N2O/c1-14-8-6-4-2-3-5-7-9-15-10-12-16-13-11-15/h14H,2-13H2,1H3. The van der Waals surface area contributed by atoms with Crippen molar-refractivity contribution in [3.05, 3.63) is 0 Å². The van der Waals surface area contributed by atoms with E-state index >= 15 is 0 Å². The van der Waals surface area contributed by atoms with Crippen molar-refractivity contribution in [2.45, 2.75) is 38.5 Å². The second-order valence-electron chi connectivity index (χ2n) is 4.68. The highest BCUT2D eigenvalue weighted by Crippen LogP contribution is 2.06. The van der Waals surface area contributed by atoms with Gasteiger partial charge in [0.1, 0.15) is 0 Å². The smallest absolute Gasteiger partial charge is 0.0594 e. The van der Waals surface area contributed by atoms with Gasteiger partial charge in [-0.25, -0.2) is 0 Å². The van der Waals surface area contributed by atoms with Gasteiger partial charge >= 0.3 is 0 Å². The number of hydrogen-bond acceptors (Lipinski definition) is 3. The van der Waals surface area contributed by atoms with Crippen LogP contribution in [0.5, 0.6) is 0 Å². The molecule has 1 fully saturated rings. The summed E-state index contributed by atoms with van der Waals surface area (Å²) in [6.07, 6.45) is 8.31. The van der Waals surface area contributed by atoms with Crippen LogP contribution in [-0.4, -0.2) is 51.3 Å². The Morgan fingerprint density at radius 2 is 1.56 bits per heavy atom. The monoisotopic (exact) mass is 228 g/mol. The summed E-state index contributed by atoms with van der Waals surface area (Å²) < 4.78 is 5.33. The fraction of sp³-hybridized carbons (Fsp3) is 1.00. The molecule has 0 saturated carbocycles. The Morgan fingerprint density at radius 3 is 2.25 bits per heavy atom. The van der Waals surface area contributed by atoms with Crippen LogP contribution in [0.25, 0.3) is 0 Å². The minimum atomic E-state index is 0.935. The van der Waals surface area contributed by atoms with E-state index in [1.807, 2.05) is 7.05 Å². The molecule has 1 aliphatic heterocycles. The SMILES string of the molecule is CNCCCCCCCCN1CCOCC1. The lowest BCUT2D eigenvalue weighted by molar-refractivity contribution is 0.0371. The van der Waals surface area contributed by atoms with Crippen LogP contribution in [0.1, 0.15) is 38.5 Å². The van der Waals surface area contributed by atoms with E-state index < -0.39 is 0 Å². The molecular formula is C13H28N2O. The summed E-state index contributed by atoms with van der Waals surface area (Å²) in [4.78, 5) is 2.53. The number of rotatable bonds is 9. The molecule has 0 aromatic rings. The van der Waals surface area contributed by atoms with Gasteiger partial charge in [0.2, 0.25) is 0 Å². The van der Waals surface area contributed by atoms with Crippen molar-refractivity contribution in [2.24, 2.45) is 0 Å². The molecule has 1 rings (SSSR count). The molecule has 16 heavy (non-hydrogen) atoms. The zero-order chi connectivity index (χ0) is 11.5. The Kier molecular flexibility index (Phi) is 8.77. The Bertz CT molecular complexity index is 147. The van der Waals surface area contributed by atoms with Crippen molar-refractivity contribution in [1.82, 2.24) is 10.2 Å². The third-order valence-electron chi connectivity index (χ3n) is 3.25. The Morgan fingerprint density at radius 1 is 0.938 bits per heavy atom. The van der Waals surface area contributed by atoms with Crippen LogP contribution in [-0.2, 0) is 4.74 Å². The summed E-state index contributed by atoms with van der Waals surface area (Å²) >= 11 is 0. The molecule has 1 heterocycles. The Hall–Kier alpha value is -0.120. The van der Waals surface area contributed by atoms with E-state index in [0.29, 0.717) is 0 Å². The lowest BCUT2D eigenvalue weighted by atomic mass is 10.1. The molecule has 0 aromatic heterocycles. The first-order chi connectivity index (χ1) is 7.93. The average Bonchev–Trinajstić information content (AvgIpc) is 2.34. The van der Waals surface area contributed by atoms with Crippen LogP contribution in [0.2, 0.25) is 0 Å². The topological polar surface area (TPSA) is 24.5 Å². The average molecular weight is 228 g/mol. The Balaban J connectivity index is 1.77. The summed E-state index contributed by atoms with van der Waals surface area (Å²) in [5.41, 5.74) is 0. The molecule has 0 atom stereocenters. The molecule has 3 heteroatoms. The molecule has 0 spiro atoms. The van der Waals surface area contributed by atoms with Crippen molar-refractivity contribution in [3.63, 3.8) is 0 Å². The van der Waals surface area contributed by atoms with Gasteiger partial charge in [0.05, 0.1) is 13.2 Å². The number of nitrogens with one attached hydrogen (secondary N) is 1. The van der Waals surface area contributed by atoms with Gasteiger partial charge in [-0.05, 0) is 33.0 Å². The molecule has 3 nitrogen and oxygen atoms in total. The van der Waals surface area contributed by atoms with Gasteiger partial charge in [-0.15, -0.1) is 0 Å². The summed E-state index contributed by atoms with van der Waals surface area (Å²) in [5.74, 6) is 0. The molecule has 0 unspecified atom stereocenters. The van der Waals surface area contributed by atoms with Gasteiger partial charge in [0.25, 0.3) is 0 Å². The van der Waals surface area contributed by atoms with E-state index in [4.69, 9.17) is 4.74 Å². The number of hydrogen-bond donors (Lipinski definition) is 1. The molecule has 96 valence electrons. The minimum absolute atomic E-state index is 0.935. The first kappa shape index (κ1) is 13.9. The van der Waals surface area contributed by atoms with E-state index in [1.165, 1.54) is 51.6 Å². The number of ether oxygens (including phenoxy) is 1. The van der Waals surface area contributed by atoms with E-state index in [2.05, 4.69) is 10.2 Å². The Labute approximate surface area is 101 Å². The highest BCUT2D eigenvalue weighted by molar-refractivity contribution is 4.61. The van der Waals surface area contributed by atoms with E-state index in [9.17, 15) is 0 Å². The fourth-order valence-electron chi connectivity index (χ4n) is 2.17. The predicted octanol–water partition coefficient (Wildman–Crippen LogP) is 1.88. The van der Waals surface area contributed by atoms with Gasteiger partial charge in [-0.3, -0.25) is 4.90 Å². The van der Waals surface area contributed by atoms with Crippen LogP contribution in [0.3, 0.4) is 0 Å². The predicted molar refractivity (Wildman–Crippen MR) is 68.9 cm³/mol. The van der Waals surface area contributed by atoms with Crippen LogP contribution >= 0.6 is 0 Å². The first-order valence-electron chi connectivity index (χ1n) is 6.88. The van der Waals surface area contributed by atoms with Gasteiger partial charge < -0.3 is 10.1 Å². The van der Waals surface area contributed by atoms with Crippen molar-refractivity contribution in [1.29, 1.82) is 0 Å². The van der Waals surface area contributed by atoms with Crippen LogP contribution in [0.15, 0.2) is 0 Å². The summed E-state index contributed by atoms with van der Waals surface area (Å²) in [6, 6.07) is 0. The molecule has 0 aromatic carbocycles. The molecule has 0 bridgehead atoms. The lowest BCUT2D eigenvalue weighted by Gasteiger charge is -2.26. The molecule has 0 radical (unpaired) electrons. The number of nitrogens with zero attached hydrogens (tertiary/aromatic N) is 1. The first-order valence-corrected chi connectivity index (χ1v) is 6.88. The van der Waals surface area contributed by atoms with E-state index in [-0.39, 0.29) is 0 Å². The highest BCUT2D eigenvalue weighted by Gasteiger charge is 2.08. The maximum atomic E-state index is 5.33. The summed E-state index contributed by atoms with van der Waals surface area (Å²) in [5, 5.41) is 3.19. The van der Waals surface area contributed by atoms with Crippen molar-refractivity contribution >= 4 is 0 Å². The van der Waals surface area contributed by atoms with Gasteiger partial charge in [-0.1, -0.05) is 25.7 Å². The quantitative estimate of drug-likeness (QED) is 0.610. The molecular weight excluding hydrogens is 200 g/mol. The number of unbranched alkanes of at least 4 members (excludes halogenated alkanes) is 5. The zero-order valence-corrected chi connectivity index (χ0v) is 10.8. The van der Waals surface area contributed by atoms with E-state index in [1.54, 1.807) is 0 Å². The van der Waals surface area contributed by atoms with Crippen molar-refractivity contribution < 1.29 is 4.74 Å². The van der Waals surface area contributed by atoms with E-state index in [0.717, 1.165) is 26.3 Å². The van der Waals surface area contributed by atoms with Crippen molar-refractivity contribution in [3.8, 4) is 0 Å². The van der Waals surface area contributed by atoms with Crippen LogP contribution in [0.4, 0.5) is 0 Å². The van der Waals surface area contributed by atoms with Gasteiger partial charge in [0.15, 0.2) is 0 Å². The molecule has 1 aliphatic rings. The fourth-order valence-corrected chi connectivity index (χ4v) is 2.17. The second-order valence-corrected chi connectivity index (χ2v) is 4.68. The highest BCUT2D eigenvalue weighted by atomic mass is 16.5. The number of morpholine rings is 1. The van der Waals surface area contributed by atoms with Crippen LogP contribution < -0.4 is 5.32 Å². The van der Waals surface area contributed by atoms with Gasteiger partial charge in [0, 0.05) is 13.1 Å². The third kappa shape index (κ3) is 7.20. The normalized spacial score (nSPS) is 17.8. The largest absolute Gasteiger partial charge is 0.379 e. The molecule has 1 saturated heterocycles. The maximum absolute atomic E-state index is 5.33. The summed E-state index contributed by atoms with van der Waals surface area (Å²) in [7, 11) is 2.03. The van der Waals surface area contributed by atoms with Crippen LogP contribution in [0, 0.1) is 0 Å². The van der Waals surface area contributed by atoms with Gasteiger partial charge in [-0.2, -0.15) is 0 Å². The second kappa shape index (κ2) is 10.1.